The van der Waals surface area contributed by atoms with Crippen molar-refractivity contribution in [1.82, 2.24) is 0 Å². The van der Waals surface area contributed by atoms with Crippen molar-refractivity contribution in [2.24, 2.45) is 17.3 Å². The molecular formula is C16H24O. The third-order valence-corrected chi connectivity index (χ3v) is 4.80. The zero-order valence-corrected chi connectivity index (χ0v) is 11.3. The number of carbonyl (C=O) groups is 1. The first kappa shape index (κ1) is 12.6. The van der Waals surface area contributed by atoms with Gasteiger partial charge in [-0.15, -0.1) is 0 Å². The van der Waals surface area contributed by atoms with Gasteiger partial charge in [0.2, 0.25) is 0 Å². The Hall–Kier alpha value is -0.850. The molecular weight excluding hydrogens is 208 g/mol. The zero-order valence-electron chi connectivity index (χ0n) is 11.3. The molecule has 2 rings (SSSR count). The van der Waals surface area contributed by atoms with Crippen molar-refractivity contribution in [2.75, 3.05) is 0 Å². The van der Waals surface area contributed by atoms with Crippen LogP contribution in [0.4, 0.5) is 0 Å². The number of allylic oxidation sites excluding steroid dienone is 4. The maximum absolute atomic E-state index is 11.5. The van der Waals surface area contributed by atoms with Gasteiger partial charge in [0.25, 0.3) is 0 Å². The van der Waals surface area contributed by atoms with Gasteiger partial charge in [-0.25, -0.2) is 0 Å². The van der Waals surface area contributed by atoms with Gasteiger partial charge in [0.05, 0.1) is 0 Å². The molecule has 0 saturated heterocycles. The summed E-state index contributed by atoms with van der Waals surface area (Å²) in [6, 6.07) is 0. The summed E-state index contributed by atoms with van der Waals surface area (Å²) in [5, 5.41) is 0. The average molecular weight is 232 g/mol. The molecule has 0 heterocycles. The largest absolute Gasteiger partial charge is 0.290 e. The smallest absolute Gasteiger partial charge is 0.178 e. The van der Waals surface area contributed by atoms with Crippen LogP contribution in [-0.2, 0) is 4.79 Å². The lowest BCUT2D eigenvalue weighted by Gasteiger charge is -2.46. The van der Waals surface area contributed by atoms with E-state index < -0.39 is 0 Å². The fourth-order valence-electron chi connectivity index (χ4n) is 3.62. The SMILES string of the molecule is CCCCC1C(C)CCC2=CC(=O)C=CC21C. The summed E-state index contributed by atoms with van der Waals surface area (Å²) in [5.41, 5.74) is 1.53. The molecule has 0 N–H and O–H groups in total. The highest BCUT2D eigenvalue weighted by atomic mass is 16.1. The average Bonchev–Trinajstić information content (AvgIpc) is 2.30. The van der Waals surface area contributed by atoms with Crippen molar-refractivity contribution in [1.29, 1.82) is 0 Å². The summed E-state index contributed by atoms with van der Waals surface area (Å²) in [6.07, 6.45) is 12.1. The van der Waals surface area contributed by atoms with Crippen molar-refractivity contribution in [2.45, 2.75) is 52.9 Å². The second kappa shape index (κ2) is 4.80. The number of ketones is 1. The molecule has 2 aliphatic rings. The molecule has 1 heteroatoms. The van der Waals surface area contributed by atoms with E-state index in [1.54, 1.807) is 6.08 Å². The third kappa shape index (κ3) is 2.25. The summed E-state index contributed by atoms with van der Waals surface area (Å²) in [4.78, 5) is 11.5. The number of unbranched alkanes of at least 4 members (excludes halogenated alkanes) is 1. The monoisotopic (exact) mass is 232 g/mol. The molecule has 1 saturated carbocycles. The van der Waals surface area contributed by atoms with Crippen LogP contribution in [0.15, 0.2) is 23.8 Å². The summed E-state index contributed by atoms with van der Waals surface area (Å²) in [6.45, 7) is 6.97. The second-order valence-corrected chi connectivity index (χ2v) is 5.95. The van der Waals surface area contributed by atoms with Crippen LogP contribution in [0.1, 0.15) is 52.9 Å². The van der Waals surface area contributed by atoms with Crippen molar-refractivity contribution in [3.63, 3.8) is 0 Å². The summed E-state index contributed by atoms with van der Waals surface area (Å²) in [7, 11) is 0. The predicted octanol–water partition coefficient (Wildman–Crippen LogP) is 4.29. The van der Waals surface area contributed by atoms with Crippen LogP contribution in [-0.4, -0.2) is 5.78 Å². The normalized spacial score (nSPS) is 36.6. The minimum Gasteiger partial charge on any atom is -0.290 e. The molecule has 0 aromatic heterocycles. The molecule has 0 aromatic carbocycles. The van der Waals surface area contributed by atoms with Crippen LogP contribution in [0.3, 0.4) is 0 Å². The molecule has 0 spiro atoms. The van der Waals surface area contributed by atoms with Crippen molar-refractivity contribution >= 4 is 5.78 Å². The number of rotatable bonds is 3. The van der Waals surface area contributed by atoms with Crippen LogP contribution in [0.2, 0.25) is 0 Å². The molecule has 0 aliphatic heterocycles. The first-order chi connectivity index (χ1) is 8.08. The maximum atomic E-state index is 11.5. The minimum absolute atomic E-state index is 0.154. The van der Waals surface area contributed by atoms with Crippen molar-refractivity contribution < 1.29 is 4.79 Å². The Kier molecular flexibility index (Phi) is 3.56. The molecule has 17 heavy (non-hydrogen) atoms. The van der Waals surface area contributed by atoms with Crippen LogP contribution in [0.25, 0.3) is 0 Å². The van der Waals surface area contributed by atoms with Gasteiger partial charge in [-0.1, -0.05) is 45.3 Å². The van der Waals surface area contributed by atoms with Crippen molar-refractivity contribution in [3.8, 4) is 0 Å². The van der Waals surface area contributed by atoms with E-state index in [-0.39, 0.29) is 11.2 Å². The number of hydrogen-bond acceptors (Lipinski definition) is 1. The second-order valence-electron chi connectivity index (χ2n) is 5.95. The van der Waals surface area contributed by atoms with E-state index in [9.17, 15) is 4.79 Å². The zero-order chi connectivity index (χ0) is 12.5. The van der Waals surface area contributed by atoms with Crippen LogP contribution in [0, 0.1) is 17.3 Å². The van der Waals surface area contributed by atoms with Gasteiger partial charge in [0.1, 0.15) is 0 Å². The van der Waals surface area contributed by atoms with Crippen LogP contribution in [0.5, 0.6) is 0 Å². The van der Waals surface area contributed by atoms with E-state index in [4.69, 9.17) is 0 Å². The van der Waals surface area contributed by atoms with Gasteiger partial charge in [-0.05, 0) is 43.3 Å². The van der Waals surface area contributed by atoms with E-state index in [0.717, 1.165) is 12.3 Å². The van der Waals surface area contributed by atoms with Gasteiger partial charge < -0.3 is 0 Å². The summed E-state index contributed by atoms with van der Waals surface area (Å²) in [5.74, 6) is 1.68. The molecule has 1 fully saturated rings. The Morgan fingerprint density at radius 2 is 2.24 bits per heavy atom. The molecule has 3 unspecified atom stereocenters. The van der Waals surface area contributed by atoms with Gasteiger partial charge in [-0.2, -0.15) is 0 Å². The molecule has 2 aliphatic carbocycles. The highest BCUT2D eigenvalue weighted by Gasteiger charge is 2.42. The quantitative estimate of drug-likeness (QED) is 0.709. The Labute approximate surface area is 105 Å². The first-order valence-electron chi connectivity index (χ1n) is 7.02. The molecule has 0 amide bonds. The molecule has 0 bridgehead atoms. The topological polar surface area (TPSA) is 17.1 Å². The van der Waals surface area contributed by atoms with E-state index in [1.165, 1.54) is 31.3 Å². The number of fused-ring (bicyclic) bond motifs is 1. The Morgan fingerprint density at radius 3 is 2.94 bits per heavy atom. The Bertz CT molecular complexity index is 364. The highest BCUT2D eigenvalue weighted by molar-refractivity contribution is 6.01. The van der Waals surface area contributed by atoms with E-state index in [2.05, 4.69) is 26.8 Å². The Balaban J connectivity index is 2.26. The van der Waals surface area contributed by atoms with E-state index >= 15 is 0 Å². The number of carbonyl (C=O) groups excluding carboxylic acids is 1. The molecule has 3 atom stereocenters. The number of hydrogen-bond donors (Lipinski definition) is 0. The lowest BCUT2D eigenvalue weighted by molar-refractivity contribution is -0.110. The fourth-order valence-corrected chi connectivity index (χ4v) is 3.62. The summed E-state index contributed by atoms with van der Waals surface area (Å²) >= 11 is 0. The standard InChI is InChI=1S/C16H24O/c1-4-5-6-15-12(2)7-8-13-11-14(17)9-10-16(13,15)3/h9-12,15H,4-8H2,1-3H3. The van der Waals surface area contributed by atoms with Gasteiger partial charge in [0.15, 0.2) is 5.78 Å². The van der Waals surface area contributed by atoms with E-state index in [1.807, 2.05) is 6.08 Å². The van der Waals surface area contributed by atoms with Crippen LogP contribution < -0.4 is 0 Å². The lowest BCUT2D eigenvalue weighted by atomic mass is 9.58. The first-order valence-corrected chi connectivity index (χ1v) is 7.02. The van der Waals surface area contributed by atoms with Crippen molar-refractivity contribution in [3.05, 3.63) is 23.8 Å². The molecule has 94 valence electrons. The lowest BCUT2D eigenvalue weighted by Crippen LogP contribution is -2.38. The predicted molar refractivity (Wildman–Crippen MR) is 71.8 cm³/mol. The summed E-state index contributed by atoms with van der Waals surface area (Å²) < 4.78 is 0. The molecule has 0 radical (unpaired) electrons. The fraction of sp³-hybridized carbons (Fsp3) is 0.688. The highest BCUT2D eigenvalue weighted by Crippen LogP contribution is 2.51. The maximum Gasteiger partial charge on any atom is 0.178 e. The molecule has 1 nitrogen and oxygen atoms in total. The molecule has 0 aromatic rings. The van der Waals surface area contributed by atoms with Crippen LogP contribution >= 0.6 is 0 Å². The Morgan fingerprint density at radius 1 is 1.47 bits per heavy atom. The van der Waals surface area contributed by atoms with E-state index in [0.29, 0.717) is 5.92 Å². The van der Waals surface area contributed by atoms with Gasteiger partial charge in [0, 0.05) is 5.41 Å². The minimum atomic E-state index is 0.154. The third-order valence-electron chi connectivity index (χ3n) is 4.80. The van der Waals surface area contributed by atoms with Gasteiger partial charge >= 0.3 is 0 Å². The van der Waals surface area contributed by atoms with Gasteiger partial charge in [-0.3, -0.25) is 4.79 Å².